The van der Waals surface area contributed by atoms with Gasteiger partial charge in [-0.1, -0.05) is 36.4 Å². The van der Waals surface area contributed by atoms with Crippen LogP contribution in [0.1, 0.15) is 24.4 Å². The maximum atomic E-state index is 11.7. The third-order valence-corrected chi connectivity index (χ3v) is 3.81. The summed E-state index contributed by atoms with van der Waals surface area (Å²) in [6.07, 6.45) is 2.29. The van der Waals surface area contributed by atoms with Gasteiger partial charge < -0.3 is 9.84 Å². The average Bonchev–Trinajstić information content (AvgIpc) is 2.80. The van der Waals surface area contributed by atoms with E-state index in [1.54, 1.807) is 13.2 Å². The fourth-order valence-electron chi connectivity index (χ4n) is 2.91. The molecule has 4 nitrogen and oxygen atoms in total. The molecule has 1 aliphatic rings. The summed E-state index contributed by atoms with van der Waals surface area (Å²) in [4.78, 5) is 13.1. The predicted molar refractivity (Wildman–Crippen MR) is 73.1 cm³/mol. The van der Waals surface area contributed by atoms with E-state index < -0.39 is 11.6 Å². The highest BCUT2D eigenvalue weighted by Crippen LogP contribution is 2.43. The van der Waals surface area contributed by atoms with Gasteiger partial charge in [-0.3, -0.25) is 4.90 Å². The van der Waals surface area contributed by atoms with Gasteiger partial charge in [-0.15, -0.1) is 6.58 Å². The molecule has 0 radical (unpaired) electrons. The molecule has 1 aromatic carbocycles. The Morgan fingerprint density at radius 2 is 2.26 bits per heavy atom. The number of hydrogen-bond donors (Lipinski definition) is 1. The van der Waals surface area contributed by atoms with Crippen molar-refractivity contribution in [2.45, 2.75) is 24.4 Å². The highest BCUT2D eigenvalue weighted by molar-refractivity contribution is 5.68. The van der Waals surface area contributed by atoms with Gasteiger partial charge >= 0.3 is 6.09 Å². The summed E-state index contributed by atoms with van der Waals surface area (Å²) in [6.45, 7) is 4.15. The second kappa shape index (κ2) is 5.45. The van der Waals surface area contributed by atoms with Crippen molar-refractivity contribution in [3.8, 4) is 0 Å². The van der Waals surface area contributed by atoms with Crippen LogP contribution in [0, 0.1) is 0 Å². The van der Waals surface area contributed by atoms with Crippen molar-refractivity contribution in [1.29, 1.82) is 0 Å². The molecule has 2 atom stereocenters. The van der Waals surface area contributed by atoms with Crippen LogP contribution < -0.4 is 0 Å². The summed E-state index contributed by atoms with van der Waals surface area (Å²) in [6, 6.07) is 9.59. The predicted octanol–water partition coefficient (Wildman–Crippen LogP) is 3.07. The van der Waals surface area contributed by atoms with Crippen molar-refractivity contribution < 1.29 is 14.6 Å². The highest BCUT2D eigenvalue weighted by atomic mass is 16.5. The highest BCUT2D eigenvalue weighted by Gasteiger charge is 2.47. The van der Waals surface area contributed by atoms with Crippen LogP contribution >= 0.6 is 0 Å². The summed E-state index contributed by atoms with van der Waals surface area (Å²) in [5, 5.41) is 9.56. The second-order valence-electron chi connectivity index (χ2n) is 4.86. The molecule has 102 valence electrons. The lowest BCUT2D eigenvalue weighted by molar-refractivity contribution is 0.0499. The second-order valence-corrected chi connectivity index (χ2v) is 4.86. The zero-order chi connectivity index (χ0) is 13.9. The molecular formula is C15H19NO3. The number of likely N-dealkylation sites (tertiary alicyclic amines) is 1. The van der Waals surface area contributed by atoms with E-state index in [1.165, 1.54) is 4.90 Å². The Morgan fingerprint density at radius 3 is 2.79 bits per heavy atom. The van der Waals surface area contributed by atoms with E-state index in [4.69, 9.17) is 4.74 Å². The van der Waals surface area contributed by atoms with Crippen LogP contribution in [0.3, 0.4) is 0 Å². The lowest BCUT2D eigenvalue weighted by atomic mass is 9.98. The van der Waals surface area contributed by atoms with Gasteiger partial charge in [0.25, 0.3) is 0 Å². The number of ether oxygens (including phenoxy) is 1. The molecule has 19 heavy (non-hydrogen) atoms. The maximum Gasteiger partial charge on any atom is 0.408 e. The van der Waals surface area contributed by atoms with E-state index >= 15 is 0 Å². The van der Waals surface area contributed by atoms with Crippen molar-refractivity contribution in [3.63, 3.8) is 0 Å². The van der Waals surface area contributed by atoms with Gasteiger partial charge in [-0.05, 0) is 18.4 Å². The molecule has 1 heterocycles. The standard InChI is InChI=1S/C15H19NO3/c1-3-15(11-19-2)10-9-13(16(15)14(17)18)12-7-5-4-6-8-12/h3-8,13H,1,9-11H2,2H3,(H,17,18)/t13-,15-/m0/s1. The number of benzene rings is 1. The SMILES string of the molecule is C=C[C@@]1(COC)CC[C@@H](c2ccccc2)N1C(=O)O. The Morgan fingerprint density at radius 1 is 1.58 bits per heavy atom. The van der Waals surface area contributed by atoms with Gasteiger partial charge in [0.1, 0.15) is 0 Å². The van der Waals surface area contributed by atoms with Gasteiger partial charge in [0, 0.05) is 7.11 Å². The minimum atomic E-state index is -0.927. The van der Waals surface area contributed by atoms with Gasteiger partial charge in [-0.25, -0.2) is 4.79 Å². The minimum Gasteiger partial charge on any atom is -0.465 e. The van der Waals surface area contributed by atoms with Gasteiger partial charge in [0.2, 0.25) is 0 Å². The summed E-state index contributed by atoms with van der Waals surface area (Å²) in [5.74, 6) is 0. The van der Waals surface area contributed by atoms with E-state index in [2.05, 4.69) is 6.58 Å². The molecule has 0 aliphatic carbocycles. The van der Waals surface area contributed by atoms with Crippen molar-refractivity contribution in [1.82, 2.24) is 4.90 Å². The first-order valence-corrected chi connectivity index (χ1v) is 6.34. The quantitative estimate of drug-likeness (QED) is 0.847. The van der Waals surface area contributed by atoms with Crippen LogP contribution in [0.4, 0.5) is 4.79 Å². The van der Waals surface area contributed by atoms with E-state index in [0.29, 0.717) is 6.61 Å². The fraction of sp³-hybridized carbons (Fsp3) is 0.400. The first kappa shape index (κ1) is 13.6. The summed E-state index contributed by atoms with van der Waals surface area (Å²) in [5.41, 5.74) is 0.394. The lowest BCUT2D eigenvalue weighted by Crippen LogP contribution is -2.49. The monoisotopic (exact) mass is 261 g/mol. The van der Waals surface area contributed by atoms with Crippen LogP contribution in [0.5, 0.6) is 0 Å². The van der Waals surface area contributed by atoms with E-state index in [-0.39, 0.29) is 6.04 Å². The molecule has 0 saturated carbocycles. The Kier molecular flexibility index (Phi) is 3.90. The normalized spacial score (nSPS) is 26.4. The van der Waals surface area contributed by atoms with Gasteiger partial charge in [0.15, 0.2) is 0 Å². The first-order valence-electron chi connectivity index (χ1n) is 6.34. The Hall–Kier alpha value is -1.81. The third-order valence-electron chi connectivity index (χ3n) is 3.81. The molecule has 1 N–H and O–H groups in total. The first-order chi connectivity index (χ1) is 9.14. The fourth-order valence-corrected chi connectivity index (χ4v) is 2.91. The van der Waals surface area contributed by atoms with Gasteiger partial charge in [0.05, 0.1) is 18.2 Å². The minimum absolute atomic E-state index is 0.133. The molecule has 1 fully saturated rings. The van der Waals surface area contributed by atoms with E-state index in [1.807, 2.05) is 30.3 Å². The van der Waals surface area contributed by atoms with Crippen molar-refractivity contribution in [2.75, 3.05) is 13.7 Å². The largest absolute Gasteiger partial charge is 0.465 e. The topological polar surface area (TPSA) is 49.8 Å². The maximum absolute atomic E-state index is 11.7. The lowest BCUT2D eigenvalue weighted by Gasteiger charge is -2.36. The number of amides is 1. The number of rotatable bonds is 4. The van der Waals surface area contributed by atoms with Crippen LogP contribution in [0.15, 0.2) is 43.0 Å². The Bertz CT molecular complexity index is 460. The van der Waals surface area contributed by atoms with Crippen LogP contribution in [0.2, 0.25) is 0 Å². The number of carboxylic acid groups (broad SMARTS) is 1. The summed E-state index contributed by atoms with van der Waals surface area (Å²) in [7, 11) is 1.58. The molecule has 4 heteroatoms. The number of methoxy groups -OCH3 is 1. The Labute approximate surface area is 113 Å². The third kappa shape index (κ3) is 2.36. The zero-order valence-electron chi connectivity index (χ0n) is 11.1. The Balaban J connectivity index is 2.37. The molecule has 1 saturated heterocycles. The molecule has 1 aromatic rings. The van der Waals surface area contributed by atoms with Crippen LogP contribution in [-0.4, -0.2) is 35.4 Å². The molecule has 0 bridgehead atoms. The molecular weight excluding hydrogens is 242 g/mol. The molecule has 0 spiro atoms. The molecule has 1 aliphatic heterocycles. The zero-order valence-corrected chi connectivity index (χ0v) is 11.1. The average molecular weight is 261 g/mol. The van der Waals surface area contributed by atoms with Crippen LogP contribution in [-0.2, 0) is 4.74 Å². The van der Waals surface area contributed by atoms with E-state index in [0.717, 1.165) is 18.4 Å². The summed E-state index contributed by atoms with van der Waals surface area (Å²) < 4.78 is 5.21. The van der Waals surface area contributed by atoms with Crippen LogP contribution in [0.25, 0.3) is 0 Å². The smallest absolute Gasteiger partial charge is 0.408 e. The van der Waals surface area contributed by atoms with Crippen molar-refractivity contribution in [2.24, 2.45) is 0 Å². The number of nitrogens with zero attached hydrogens (tertiary/aromatic N) is 1. The van der Waals surface area contributed by atoms with E-state index in [9.17, 15) is 9.90 Å². The molecule has 2 rings (SSSR count). The molecule has 0 aromatic heterocycles. The summed E-state index contributed by atoms with van der Waals surface area (Å²) >= 11 is 0. The number of carbonyl (C=O) groups is 1. The molecule has 1 amide bonds. The van der Waals surface area contributed by atoms with Gasteiger partial charge in [-0.2, -0.15) is 0 Å². The molecule has 0 unspecified atom stereocenters. The number of hydrogen-bond acceptors (Lipinski definition) is 2. The van der Waals surface area contributed by atoms with Crippen molar-refractivity contribution >= 4 is 6.09 Å². The van der Waals surface area contributed by atoms with Crippen molar-refractivity contribution in [3.05, 3.63) is 48.6 Å².